The molecule has 1 aromatic carbocycles. The predicted octanol–water partition coefficient (Wildman–Crippen LogP) is 4.20. The fraction of sp³-hybridized carbons (Fsp3) is 0.500. The maximum atomic E-state index is 12.6. The second-order valence-corrected chi connectivity index (χ2v) is 7.35. The van der Waals surface area contributed by atoms with Gasteiger partial charge in [-0.25, -0.2) is 0 Å². The minimum atomic E-state index is -0.115. The molecule has 0 aliphatic heterocycles. The van der Waals surface area contributed by atoms with Gasteiger partial charge in [0.05, 0.1) is 10.6 Å². The van der Waals surface area contributed by atoms with E-state index >= 15 is 0 Å². The standard InChI is InChI=1S/C20H27ClN4O.ClH/c1-25-14-17(19(24-25)16-10-6-7-11-18(16)21)20(26)23-13-12-22-15-8-4-2-3-5-9-15;/h6-7,10-11,14-15,22H,2-5,8-9,12-13H2,1H3,(H,23,26);1H. The molecule has 0 spiro atoms. The van der Waals surface area contributed by atoms with Crippen LogP contribution in [0.25, 0.3) is 11.3 Å². The fourth-order valence-corrected chi connectivity index (χ4v) is 3.76. The summed E-state index contributed by atoms with van der Waals surface area (Å²) < 4.78 is 1.65. The zero-order chi connectivity index (χ0) is 18.4. The molecule has 27 heavy (non-hydrogen) atoms. The van der Waals surface area contributed by atoms with Crippen molar-refractivity contribution in [1.82, 2.24) is 20.4 Å². The SMILES string of the molecule is Cl.Cn1cc(C(=O)NCCNC2CCCCCC2)c(-c2ccccc2Cl)n1. The number of nitrogens with zero attached hydrogens (tertiary/aromatic N) is 2. The molecule has 3 rings (SSSR count). The Balaban J connectivity index is 0.00000261. The lowest BCUT2D eigenvalue weighted by atomic mass is 10.1. The molecule has 1 heterocycles. The molecule has 1 amide bonds. The van der Waals surface area contributed by atoms with Crippen LogP contribution >= 0.6 is 24.0 Å². The lowest BCUT2D eigenvalue weighted by Crippen LogP contribution is -2.36. The van der Waals surface area contributed by atoms with Crippen LogP contribution in [0.2, 0.25) is 5.02 Å². The summed E-state index contributed by atoms with van der Waals surface area (Å²) in [5.41, 5.74) is 1.94. The van der Waals surface area contributed by atoms with Gasteiger partial charge in [-0.1, -0.05) is 55.5 Å². The number of carbonyl (C=O) groups excluding carboxylic acids is 1. The van der Waals surface area contributed by atoms with Crippen molar-refractivity contribution < 1.29 is 4.79 Å². The minimum absolute atomic E-state index is 0. The van der Waals surface area contributed by atoms with Gasteiger partial charge in [-0.2, -0.15) is 5.10 Å². The number of benzene rings is 1. The van der Waals surface area contributed by atoms with Gasteiger partial charge < -0.3 is 10.6 Å². The maximum Gasteiger partial charge on any atom is 0.255 e. The zero-order valence-electron chi connectivity index (χ0n) is 15.7. The monoisotopic (exact) mass is 410 g/mol. The summed E-state index contributed by atoms with van der Waals surface area (Å²) in [6, 6.07) is 8.05. The number of carbonyl (C=O) groups is 1. The Kier molecular flexibility index (Phi) is 8.61. The Morgan fingerprint density at radius 1 is 1.19 bits per heavy atom. The number of rotatable bonds is 6. The van der Waals surface area contributed by atoms with Crippen LogP contribution in [0.3, 0.4) is 0 Å². The van der Waals surface area contributed by atoms with E-state index in [1.165, 1.54) is 38.5 Å². The second-order valence-electron chi connectivity index (χ2n) is 6.94. The number of nitrogens with one attached hydrogen (secondary N) is 2. The molecule has 0 bridgehead atoms. The van der Waals surface area contributed by atoms with Gasteiger partial charge in [-0.15, -0.1) is 12.4 Å². The largest absolute Gasteiger partial charge is 0.351 e. The lowest BCUT2D eigenvalue weighted by molar-refractivity contribution is 0.0954. The average Bonchev–Trinajstić information content (AvgIpc) is 2.85. The van der Waals surface area contributed by atoms with Crippen molar-refractivity contribution in [3.63, 3.8) is 0 Å². The van der Waals surface area contributed by atoms with E-state index in [0.29, 0.717) is 28.9 Å². The Bertz CT molecular complexity index is 739. The average molecular weight is 411 g/mol. The van der Waals surface area contributed by atoms with Gasteiger partial charge in [0.25, 0.3) is 5.91 Å². The van der Waals surface area contributed by atoms with Gasteiger partial charge >= 0.3 is 0 Å². The third kappa shape index (κ3) is 5.96. The third-order valence-electron chi connectivity index (χ3n) is 4.90. The molecule has 148 valence electrons. The van der Waals surface area contributed by atoms with Crippen LogP contribution in [-0.4, -0.2) is 34.8 Å². The van der Waals surface area contributed by atoms with E-state index in [1.807, 2.05) is 31.3 Å². The van der Waals surface area contributed by atoms with E-state index < -0.39 is 0 Å². The van der Waals surface area contributed by atoms with Crippen LogP contribution in [0.4, 0.5) is 0 Å². The number of hydrogen-bond donors (Lipinski definition) is 2. The molecule has 2 N–H and O–H groups in total. The van der Waals surface area contributed by atoms with Gasteiger partial charge in [0.15, 0.2) is 0 Å². The molecular formula is C20H28Cl2N4O. The van der Waals surface area contributed by atoms with Crippen molar-refractivity contribution in [2.24, 2.45) is 7.05 Å². The summed E-state index contributed by atoms with van der Waals surface area (Å²) >= 11 is 6.28. The molecular weight excluding hydrogens is 383 g/mol. The normalized spacial score (nSPS) is 15.0. The highest BCUT2D eigenvalue weighted by Gasteiger charge is 2.18. The first kappa shape index (κ1) is 21.7. The third-order valence-corrected chi connectivity index (χ3v) is 5.23. The highest BCUT2D eigenvalue weighted by Crippen LogP contribution is 2.28. The van der Waals surface area contributed by atoms with Crippen LogP contribution in [0.1, 0.15) is 48.9 Å². The van der Waals surface area contributed by atoms with Crippen LogP contribution in [0.5, 0.6) is 0 Å². The first-order chi connectivity index (χ1) is 12.6. The molecule has 1 aromatic heterocycles. The number of aromatic nitrogens is 2. The van der Waals surface area contributed by atoms with E-state index in [4.69, 9.17) is 11.6 Å². The molecule has 2 aromatic rings. The van der Waals surface area contributed by atoms with Gasteiger partial charge in [0, 0.05) is 37.9 Å². The molecule has 1 saturated carbocycles. The van der Waals surface area contributed by atoms with Crippen molar-refractivity contribution in [3.05, 3.63) is 41.0 Å². The fourth-order valence-electron chi connectivity index (χ4n) is 3.54. The first-order valence-electron chi connectivity index (χ1n) is 9.45. The van der Waals surface area contributed by atoms with Gasteiger partial charge in [-0.05, 0) is 18.9 Å². The van der Waals surface area contributed by atoms with E-state index in [2.05, 4.69) is 15.7 Å². The van der Waals surface area contributed by atoms with Crippen LogP contribution in [0.15, 0.2) is 30.5 Å². The number of hydrogen-bond acceptors (Lipinski definition) is 3. The molecule has 1 aliphatic carbocycles. The summed E-state index contributed by atoms with van der Waals surface area (Å²) in [5.74, 6) is -0.115. The highest BCUT2D eigenvalue weighted by atomic mass is 35.5. The highest BCUT2D eigenvalue weighted by molar-refractivity contribution is 6.33. The van der Waals surface area contributed by atoms with Crippen LogP contribution in [-0.2, 0) is 7.05 Å². The molecule has 0 radical (unpaired) electrons. The smallest absolute Gasteiger partial charge is 0.255 e. The summed E-state index contributed by atoms with van der Waals surface area (Å²) in [5, 5.41) is 11.6. The maximum absolute atomic E-state index is 12.6. The van der Waals surface area contributed by atoms with Crippen molar-refractivity contribution in [3.8, 4) is 11.3 Å². The predicted molar refractivity (Wildman–Crippen MR) is 113 cm³/mol. The molecule has 7 heteroatoms. The number of aryl methyl sites for hydroxylation is 1. The Labute approximate surface area is 172 Å². The Morgan fingerprint density at radius 3 is 2.59 bits per heavy atom. The molecule has 1 fully saturated rings. The van der Waals surface area contributed by atoms with E-state index in [1.54, 1.807) is 10.9 Å². The second kappa shape index (κ2) is 10.7. The van der Waals surface area contributed by atoms with Crippen molar-refractivity contribution in [2.45, 2.75) is 44.6 Å². The van der Waals surface area contributed by atoms with Crippen molar-refractivity contribution in [2.75, 3.05) is 13.1 Å². The van der Waals surface area contributed by atoms with E-state index in [0.717, 1.165) is 12.1 Å². The molecule has 1 aliphatic rings. The number of amides is 1. The topological polar surface area (TPSA) is 59.0 Å². The van der Waals surface area contributed by atoms with Gasteiger partial charge in [0.1, 0.15) is 5.69 Å². The lowest BCUT2D eigenvalue weighted by Gasteiger charge is -2.16. The van der Waals surface area contributed by atoms with Crippen molar-refractivity contribution >= 4 is 29.9 Å². The summed E-state index contributed by atoms with van der Waals surface area (Å²) in [7, 11) is 1.81. The Hall–Kier alpha value is -1.56. The molecule has 0 unspecified atom stereocenters. The minimum Gasteiger partial charge on any atom is -0.351 e. The van der Waals surface area contributed by atoms with Gasteiger partial charge in [-0.3, -0.25) is 9.48 Å². The zero-order valence-corrected chi connectivity index (χ0v) is 17.3. The molecule has 5 nitrogen and oxygen atoms in total. The summed E-state index contributed by atoms with van der Waals surface area (Å²) in [4.78, 5) is 12.6. The first-order valence-corrected chi connectivity index (χ1v) is 9.83. The van der Waals surface area contributed by atoms with Crippen LogP contribution < -0.4 is 10.6 Å². The van der Waals surface area contributed by atoms with E-state index in [-0.39, 0.29) is 18.3 Å². The quantitative estimate of drug-likeness (QED) is 0.553. The van der Waals surface area contributed by atoms with Crippen molar-refractivity contribution in [1.29, 1.82) is 0 Å². The summed E-state index contributed by atoms with van der Waals surface area (Å²) in [6.45, 7) is 1.39. The van der Waals surface area contributed by atoms with Gasteiger partial charge in [0.2, 0.25) is 0 Å². The number of halogens is 2. The molecule has 0 saturated heterocycles. The Morgan fingerprint density at radius 2 is 1.89 bits per heavy atom. The molecule has 0 atom stereocenters. The summed E-state index contributed by atoms with van der Waals surface area (Å²) in [6.07, 6.45) is 9.54. The van der Waals surface area contributed by atoms with Crippen LogP contribution in [0, 0.1) is 0 Å². The van der Waals surface area contributed by atoms with E-state index in [9.17, 15) is 4.79 Å².